The number of hydrogen-bond acceptors (Lipinski definition) is 5. The van der Waals surface area contributed by atoms with Gasteiger partial charge in [0.15, 0.2) is 0 Å². The predicted molar refractivity (Wildman–Crippen MR) is 151 cm³/mol. The number of halogens is 3. The Morgan fingerprint density at radius 2 is 1.70 bits per heavy atom. The molecule has 0 saturated heterocycles. The highest BCUT2D eigenvalue weighted by molar-refractivity contribution is 5.83. The van der Waals surface area contributed by atoms with Crippen LogP contribution in [0.1, 0.15) is 71.4 Å². The van der Waals surface area contributed by atoms with Gasteiger partial charge in [-0.1, -0.05) is 44.9 Å². The zero-order chi connectivity index (χ0) is 29.5. The van der Waals surface area contributed by atoms with Gasteiger partial charge in [0.05, 0.1) is 30.6 Å². The van der Waals surface area contributed by atoms with Gasteiger partial charge in [0.1, 0.15) is 11.3 Å². The quantitative estimate of drug-likeness (QED) is 0.127. The molecule has 1 unspecified atom stereocenters. The molecule has 0 saturated carbocycles. The van der Waals surface area contributed by atoms with Crippen molar-refractivity contribution in [1.29, 1.82) is 0 Å². The number of carbonyl (C=O) groups is 1. The molecule has 40 heavy (non-hydrogen) atoms. The summed E-state index contributed by atoms with van der Waals surface area (Å²) in [6.45, 7) is 8.38. The van der Waals surface area contributed by atoms with Crippen LogP contribution in [-0.4, -0.2) is 25.4 Å². The minimum Gasteiger partial charge on any atom is -0.493 e. The second-order valence-electron chi connectivity index (χ2n) is 11.3. The van der Waals surface area contributed by atoms with Gasteiger partial charge < -0.3 is 13.9 Å². The van der Waals surface area contributed by atoms with Gasteiger partial charge in [0.25, 0.3) is 0 Å². The number of alkyl halides is 3. The first-order valence-corrected chi connectivity index (χ1v) is 13.9. The molecule has 218 valence electrons. The number of fused-ring (bicyclic) bond motifs is 1. The summed E-state index contributed by atoms with van der Waals surface area (Å²) in [7, 11) is 0. The highest BCUT2D eigenvalue weighted by atomic mass is 19.4. The molecule has 0 fully saturated rings. The van der Waals surface area contributed by atoms with Gasteiger partial charge in [-0.05, 0) is 74.9 Å². The Morgan fingerprint density at radius 3 is 2.35 bits per heavy atom. The van der Waals surface area contributed by atoms with Crippen LogP contribution in [0.5, 0.6) is 5.75 Å². The fourth-order valence-electron chi connectivity index (χ4n) is 4.42. The number of ether oxygens (including phenoxy) is 2. The maximum Gasteiger partial charge on any atom is 0.389 e. The van der Waals surface area contributed by atoms with Crippen molar-refractivity contribution in [3.63, 3.8) is 0 Å². The highest BCUT2D eigenvalue weighted by Gasteiger charge is 2.34. The van der Waals surface area contributed by atoms with Crippen LogP contribution >= 0.6 is 0 Å². The van der Waals surface area contributed by atoms with Gasteiger partial charge in [-0.15, -0.1) is 0 Å². The molecule has 2 aromatic carbocycles. The molecule has 0 spiro atoms. The van der Waals surface area contributed by atoms with E-state index in [2.05, 4.69) is 26.0 Å². The van der Waals surface area contributed by atoms with Crippen LogP contribution in [0, 0.1) is 11.3 Å². The summed E-state index contributed by atoms with van der Waals surface area (Å²) < 4.78 is 55.7. The molecule has 0 aliphatic carbocycles. The van der Waals surface area contributed by atoms with E-state index in [-0.39, 0.29) is 17.9 Å². The van der Waals surface area contributed by atoms with Gasteiger partial charge in [0.2, 0.25) is 0 Å². The van der Waals surface area contributed by atoms with E-state index in [0.29, 0.717) is 10.9 Å². The Hall–Kier alpha value is -3.29. The monoisotopic (exact) mass is 560 g/mol. The van der Waals surface area contributed by atoms with Crippen molar-refractivity contribution in [3.8, 4) is 16.9 Å². The van der Waals surface area contributed by atoms with Crippen LogP contribution in [0.4, 0.5) is 13.2 Å². The standard InChI is InChI=1S/C32H39F3O5/c1-6-8-9-10-21-11-14-26(23(7-2)15-21)27-16-24-12-13-25(17-28(24)40-29(27)36)38-19-22(18-32(33,34)35)20-39-30(37)31(3,4)5/h11-17,22H,6-10,18-20H2,1-5H3. The van der Waals surface area contributed by atoms with Crippen molar-refractivity contribution in [1.82, 2.24) is 0 Å². The summed E-state index contributed by atoms with van der Waals surface area (Å²) in [6, 6.07) is 12.8. The minimum absolute atomic E-state index is 0.253. The summed E-state index contributed by atoms with van der Waals surface area (Å²) in [5.41, 5.74) is 2.56. The fourth-order valence-corrected chi connectivity index (χ4v) is 4.42. The molecule has 0 aliphatic rings. The topological polar surface area (TPSA) is 65.7 Å². The fraction of sp³-hybridized carbons (Fsp3) is 0.500. The molecular weight excluding hydrogens is 521 g/mol. The van der Waals surface area contributed by atoms with E-state index in [1.165, 1.54) is 18.1 Å². The first-order valence-electron chi connectivity index (χ1n) is 13.9. The Labute approximate surface area is 233 Å². The lowest BCUT2D eigenvalue weighted by Crippen LogP contribution is -2.30. The SMILES string of the molecule is CCCCCc1ccc(-c2cc3ccc(OCC(COC(=O)C(C)(C)C)CC(F)(F)F)cc3oc2=O)c(CC)c1. The molecule has 1 heterocycles. The molecule has 3 rings (SSSR count). The second kappa shape index (κ2) is 13.4. The van der Waals surface area contributed by atoms with Gasteiger partial charge in [-0.3, -0.25) is 4.79 Å². The molecule has 3 aromatic rings. The number of rotatable bonds is 12. The third-order valence-electron chi connectivity index (χ3n) is 6.69. The van der Waals surface area contributed by atoms with Gasteiger partial charge in [0, 0.05) is 17.4 Å². The Kier molecular flexibility index (Phi) is 10.4. The summed E-state index contributed by atoms with van der Waals surface area (Å²) in [5, 5.41) is 0.668. The lowest BCUT2D eigenvalue weighted by atomic mass is 9.94. The van der Waals surface area contributed by atoms with Crippen molar-refractivity contribution in [2.45, 2.75) is 79.3 Å². The van der Waals surface area contributed by atoms with Gasteiger partial charge in [-0.2, -0.15) is 13.2 Å². The molecule has 0 aliphatic heterocycles. The third kappa shape index (κ3) is 8.86. The lowest BCUT2D eigenvalue weighted by Gasteiger charge is -2.22. The van der Waals surface area contributed by atoms with E-state index in [4.69, 9.17) is 13.9 Å². The van der Waals surface area contributed by atoms with Crippen LogP contribution < -0.4 is 10.4 Å². The van der Waals surface area contributed by atoms with Gasteiger partial charge >= 0.3 is 17.8 Å². The minimum atomic E-state index is -4.44. The molecule has 8 heteroatoms. The van der Waals surface area contributed by atoms with E-state index < -0.39 is 42.1 Å². The van der Waals surface area contributed by atoms with Crippen molar-refractivity contribution >= 4 is 16.9 Å². The Morgan fingerprint density at radius 1 is 0.950 bits per heavy atom. The summed E-state index contributed by atoms with van der Waals surface area (Å²) >= 11 is 0. The maximum absolute atomic E-state index is 13.1. The van der Waals surface area contributed by atoms with Crippen molar-refractivity contribution < 1.29 is 31.9 Å². The summed E-state index contributed by atoms with van der Waals surface area (Å²) in [4.78, 5) is 25.0. The maximum atomic E-state index is 13.1. The van der Waals surface area contributed by atoms with Crippen LogP contribution in [0.3, 0.4) is 0 Å². The molecule has 0 radical (unpaired) electrons. The van der Waals surface area contributed by atoms with Crippen LogP contribution in [0.15, 0.2) is 51.7 Å². The predicted octanol–water partition coefficient (Wildman–Crippen LogP) is 8.29. The van der Waals surface area contributed by atoms with Crippen LogP contribution in [0.25, 0.3) is 22.1 Å². The zero-order valence-corrected chi connectivity index (χ0v) is 24.0. The van der Waals surface area contributed by atoms with Gasteiger partial charge in [-0.25, -0.2) is 4.79 Å². The Balaban J connectivity index is 1.79. The van der Waals surface area contributed by atoms with Crippen molar-refractivity contribution in [2.24, 2.45) is 11.3 Å². The smallest absolute Gasteiger partial charge is 0.389 e. The van der Waals surface area contributed by atoms with Crippen molar-refractivity contribution in [3.05, 3.63) is 64.0 Å². The van der Waals surface area contributed by atoms with E-state index in [0.717, 1.165) is 36.8 Å². The molecule has 0 N–H and O–H groups in total. The van der Waals surface area contributed by atoms with Crippen molar-refractivity contribution in [2.75, 3.05) is 13.2 Å². The average molecular weight is 561 g/mol. The molecule has 1 aromatic heterocycles. The highest BCUT2D eigenvalue weighted by Crippen LogP contribution is 2.30. The number of unbranched alkanes of at least 4 members (excludes halogenated alkanes) is 2. The number of benzene rings is 2. The summed E-state index contributed by atoms with van der Waals surface area (Å²) in [6.07, 6.45) is -0.375. The lowest BCUT2D eigenvalue weighted by molar-refractivity contribution is -0.165. The van der Waals surface area contributed by atoms with E-state index in [9.17, 15) is 22.8 Å². The average Bonchev–Trinajstić information content (AvgIpc) is 2.88. The number of esters is 1. The van der Waals surface area contributed by atoms with Crippen LogP contribution in [0.2, 0.25) is 0 Å². The van der Waals surface area contributed by atoms with E-state index in [1.807, 2.05) is 6.07 Å². The van der Waals surface area contributed by atoms with E-state index in [1.54, 1.807) is 39.0 Å². The second-order valence-corrected chi connectivity index (χ2v) is 11.3. The van der Waals surface area contributed by atoms with Crippen LogP contribution in [-0.2, 0) is 22.4 Å². The Bertz CT molecular complexity index is 1350. The van der Waals surface area contributed by atoms with E-state index >= 15 is 0 Å². The normalized spacial score (nSPS) is 12.9. The molecule has 5 nitrogen and oxygen atoms in total. The summed E-state index contributed by atoms with van der Waals surface area (Å²) in [5.74, 6) is -1.42. The zero-order valence-electron chi connectivity index (χ0n) is 24.0. The first-order chi connectivity index (χ1) is 18.8. The first kappa shape index (κ1) is 31.2. The molecule has 0 bridgehead atoms. The number of carbonyl (C=O) groups excluding carboxylic acids is 1. The molecular formula is C32H39F3O5. The number of hydrogen-bond donors (Lipinski definition) is 0. The molecule has 0 amide bonds. The number of aryl methyl sites for hydroxylation is 2. The molecule has 1 atom stereocenters. The third-order valence-corrected chi connectivity index (χ3v) is 6.69. The largest absolute Gasteiger partial charge is 0.493 e.